The summed E-state index contributed by atoms with van der Waals surface area (Å²) in [6, 6.07) is 16.6. The molecule has 1 aliphatic heterocycles. The number of benzene rings is 2. The molecule has 1 amide bonds. The Morgan fingerprint density at radius 1 is 1.16 bits per heavy atom. The van der Waals surface area contributed by atoms with Crippen LogP contribution in [0.3, 0.4) is 0 Å². The van der Waals surface area contributed by atoms with E-state index in [0.29, 0.717) is 25.1 Å². The Labute approximate surface area is 147 Å². The number of para-hydroxylation sites is 1. The first-order valence-corrected chi connectivity index (χ1v) is 8.46. The molecule has 0 spiro atoms. The van der Waals surface area contributed by atoms with E-state index in [2.05, 4.69) is 0 Å². The molecule has 5 nitrogen and oxygen atoms in total. The van der Waals surface area contributed by atoms with Crippen LogP contribution in [0.2, 0.25) is 0 Å². The lowest BCUT2D eigenvalue weighted by molar-refractivity contribution is -0.121. The maximum Gasteiger partial charge on any atom is 0.335 e. The largest absolute Gasteiger partial charge is 0.478 e. The fraction of sp³-hybridized carbons (Fsp3) is 0.300. The molecule has 1 heterocycles. The fourth-order valence-electron chi connectivity index (χ4n) is 3.34. The summed E-state index contributed by atoms with van der Waals surface area (Å²) in [6.45, 7) is 1.35. The first-order chi connectivity index (χ1) is 12.1. The number of rotatable bonds is 6. The Morgan fingerprint density at radius 3 is 2.56 bits per heavy atom. The van der Waals surface area contributed by atoms with Crippen molar-refractivity contribution in [2.24, 2.45) is 0 Å². The molecule has 1 saturated heterocycles. The van der Waals surface area contributed by atoms with E-state index in [1.807, 2.05) is 59.3 Å². The van der Waals surface area contributed by atoms with Gasteiger partial charge in [0.15, 0.2) is 0 Å². The average Bonchev–Trinajstić information content (AvgIpc) is 3.02. The average molecular weight is 338 g/mol. The number of amides is 1. The highest BCUT2D eigenvalue weighted by Gasteiger charge is 2.34. The van der Waals surface area contributed by atoms with Gasteiger partial charge < -0.3 is 10.0 Å². The van der Waals surface area contributed by atoms with Gasteiger partial charge in [0.05, 0.1) is 11.6 Å². The van der Waals surface area contributed by atoms with Crippen molar-refractivity contribution in [2.45, 2.75) is 18.9 Å². The number of carboxylic acids is 1. The number of carboxylic acid groups (broad SMARTS) is 1. The maximum atomic E-state index is 12.7. The third kappa shape index (κ3) is 3.72. The summed E-state index contributed by atoms with van der Waals surface area (Å²) in [5.74, 6) is -0.800. The van der Waals surface area contributed by atoms with E-state index in [9.17, 15) is 14.7 Å². The summed E-state index contributed by atoms with van der Waals surface area (Å²) < 4.78 is 0. The smallest absolute Gasteiger partial charge is 0.335 e. The van der Waals surface area contributed by atoms with E-state index < -0.39 is 5.97 Å². The first kappa shape index (κ1) is 17.2. The van der Waals surface area contributed by atoms with E-state index in [1.54, 1.807) is 12.1 Å². The quantitative estimate of drug-likeness (QED) is 0.880. The molecule has 2 aromatic rings. The van der Waals surface area contributed by atoms with Gasteiger partial charge in [0.25, 0.3) is 0 Å². The van der Waals surface area contributed by atoms with Gasteiger partial charge in [-0.1, -0.05) is 36.4 Å². The van der Waals surface area contributed by atoms with Crippen LogP contribution in [0.25, 0.3) is 0 Å². The molecule has 1 N–H and O–H groups in total. The summed E-state index contributed by atoms with van der Waals surface area (Å²) in [7, 11) is 1.93. The lowest BCUT2D eigenvalue weighted by Crippen LogP contribution is -2.40. The number of carbonyl (C=O) groups is 2. The maximum absolute atomic E-state index is 12.7. The highest BCUT2D eigenvalue weighted by molar-refractivity contribution is 5.99. The Morgan fingerprint density at radius 2 is 1.84 bits per heavy atom. The van der Waals surface area contributed by atoms with Crippen molar-refractivity contribution in [3.8, 4) is 0 Å². The molecule has 0 radical (unpaired) electrons. The van der Waals surface area contributed by atoms with E-state index >= 15 is 0 Å². The summed E-state index contributed by atoms with van der Waals surface area (Å²) in [4.78, 5) is 27.9. The predicted octanol–water partition coefficient (Wildman–Crippen LogP) is 2.66. The monoisotopic (exact) mass is 338 g/mol. The van der Waals surface area contributed by atoms with Crippen LogP contribution in [0.5, 0.6) is 0 Å². The molecular formula is C20H22N2O3. The zero-order valence-electron chi connectivity index (χ0n) is 14.3. The summed E-state index contributed by atoms with van der Waals surface area (Å²) in [6.07, 6.45) is 1.39. The molecule has 1 fully saturated rings. The van der Waals surface area contributed by atoms with Gasteiger partial charge >= 0.3 is 5.97 Å². The van der Waals surface area contributed by atoms with Gasteiger partial charge in [0.2, 0.25) is 5.91 Å². The van der Waals surface area contributed by atoms with Gasteiger partial charge in [-0.2, -0.15) is 0 Å². The van der Waals surface area contributed by atoms with Crippen LogP contribution < -0.4 is 4.90 Å². The molecule has 2 aromatic carbocycles. The molecule has 130 valence electrons. The fourth-order valence-corrected chi connectivity index (χ4v) is 3.34. The van der Waals surface area contributed by atoms with Gasteiger partial charge in [-0.15, -0.1) is 0 Å². The normalized spacial score (nSPS) is 17.3. The number of aromatic carboxylic acids is 1. The molecule has 0 saturated carbocycles. The van der Waals surface area contributed by atoms with Crippen molar-refractivity contribution in [1.82, 2.24) is 4.90 Å². The minimum atomic E-state index is -0.912. The minimum Gasteiger partial charge on any atom is -0.478 e. The highest BCUT2D eigenvalue weighted by atomic mass is 16.4. The van der Waals surface area contributed by atoms with E-state index in [1.165, 1.54) is 0 Å². The molecule has 3 rings (SSSR count). The summed E-state index contributed by atoms with van der Waals surface area (Å²) >= 11 is 0. The van der Waals surface area contributed by atoms with Crippen molar-refractivity contribution < 1.29 is 14.7 Å². The number of carbonyl (C=O) groups excluding carboxylic acids is 1. The molecule has 25 heavy (non-hydrogen) atoms. The standard InChI is InChI=1S/C20H22N2O3/c1-21(13-11-15-7-5-6-10-17(15)20(24)25)18-12-14-22(19(18)23)16-8-3-2-4-9-16/h2-10,18H,11-14H2,1H3,(H,24,25). The molecule has 1 atom stereocenters. The molecular weight excluding hydrogens is 316 g/mol. The van der Waals surface area contributed by atoms with E-state index in [-0.39, 0.29) is 11.9 Å². The van der Waals surface area contributed by atoms with Crippen LogP contribution in [-0.4, -0.2) is 48.1 Å². The Bertz CT molecular complexity index is 761. The van der Waals surface area contributed by atoms with Crippen LogP contribution in [-0.2, 0) is 11.2 Å². The molecule has 0 bridgehead atoms. The minimum absolute atomic E-state index is 0.111. The van der Waals surface area contributed by atoms with Crippen molar-refractivity contribution in [2.75, 3.05) is 25.0 Å². The first-order valence-electron chi connectivity index (χ1n) is 8.46. The molecule has 1 unspecified atom stereocenters. The number of hydrogen-bond donors (Lipinski definition) is 1. The van der Waals surface area contributed by atoms with Crippen molar-refractivity contribution in [3.05, 3.63) is 65.7 Å². The third-order valence-corrected chi connectivity index (χ3v) is 4.76. The van der Waals surface area contributed by atoms with E-state index in [0.717, 1.165) is 17.7 Å². The molecule has 1 aliphatic rings. The van der Waals surface area contributed by atoms with Gasteiger partial charge in [-0.25, -0.2) is 4.79 Å². The molecule has 0 aromatic heterocycles. The van der Waals surface area contributed by atoms with Gasteiger partial charge in [0, 0.05) is 18.8 Å². The number of likely N-dealkylation sites (N-methyl/N-ethyl adjacent to an activating group) is 1. The Balaban J connectivity index is 1.64. The Hall–Kier alpha value is -2.66. The number of anilines is 1. The van der Waals surface area contributed by atoms with Crippen LogP contribution in [0.1, 0.15) is 22.3 Å². The summed E-state index contributed by atoms with van der Waals surface area (Å²) in [5.41, 5.74) is 2.06. The number of hydrogen-bond acceptors (Lipinski definition) is 3. The second kappa shape index (κ2) is 7.49. The lowest BCUT2D eigenvalue weighted by Gasteiger charge is -2.24. The SMILES string of the molecule is CN(CCc1ccccc1C(=O)O)C1CCN(c2ccccc2)C1=O. The zero-order chi connectivity index (χ0) is 17.8. The van der Waals surface area contributed by atoms with Crippen LogP contribution >= 0.6 is 0 Å². The molecule has 0 aliphatic carbocycles. The van der Waals surface area contributed by atoms with Crippen molar-refractivity contribution in [1.29, 1.82) is 0 Å². The lowest BCUT2D eigenvalue weighted by atomic mass is 10.0. The predicted molar refractivity (Wildman–Crippen MR) is 96.9 cm³/mol. The zero-order valence-corrected chi connectivity index (χ0v) is 14.3. The highest BCUT2D eigenvalue weighted by Crippen LogP contribution is 2.23. The molecule has 5 heteroatoms. The van der Waals surface area contributed by atoms with Crippen LogP contribution in [0, 0.1) is 0 Å². The van der Waals surface area contributed by atoms with Gasteiger partial charge in [-0.05, 0) is 43.7 Å². The van der Waals surface area contributed by atoms with Crippen molar-refractivity contribution in [3.63, 3.8) is 0 Å². The summed E-state index contributed by atoms with van der Waals surface area (Å²) in [5, 5.41) is 9.27. The second-order valence-corrected chi connectivity index (χ2v) is 6.32. The van der Waals surface area contributed by atoms with Gasteiger partial charge in [-0.3, -0.25) is 9.69 Å². The van der Waals surface area contributed by atoms with Crippen LogP contribution in [0.15, 0.2) is 54.6 Å². The van der Waals surface area contributed by atoms with Crippen molar-refractivity contribution >= 4 is 17.6 Å². The topological polar surface area (TPSA) is 60.9 Å². The third-order valence-electron chi connectivity index (χ3n) is 4.76. The van der Waals surface area contributed by atoms with Gasteiger partial charge in [0.1, 0.15) is 0 Å². The number of nitrogens with zero attached hydrogens (tertiary/aromatic N) is 2. The Kier molecular flexibility index (Phi) is 5.14. The van der Waals surface area contributed by atoms with Crippen LogP contribution in [0.4, 0.5) is 5.69 Å². The van der Waals surface area contributed by atoms with E-state index in [4.69, 9.17) is 0 Å². The second-order valence-electron chi connectivity index (χ2n) is 6.32.